The van der Waals surface area contributed by atoms with Crippen LogP contribution < -0.4 is 4.90 Å². The highest BCUT2D eigenvalue weighted by molar-refractivity contribution is 6.75. The van der Waals surface area contributed by atoms with Crippen LogP contribution in [0.25, 0.3) is 0 Å². The van der Waals surface area contributed by atoms with Crippen LogP contribution in [0.1, 0.15) is 43.6 Å². The molecule has 0 unspecified atom stereocenters. The SMILES string of the molecule is CCOC(=O)N(c1cccc(C(F)(F)F)c1)c1ncccc1C(=O)O[Si](C)(C)C(C)(C)C. The second kappa shape index (κ2) is 9.31. The van der Waals surface area contributed by atoms with E-state index >= 15 is 0 Å². The third kappa shape index (κ3) is 5.67. The average molecular weight is 469 g/mol. The summed E-state index contributed by atoms with van der Waals surface area (Å²) >= 11 is 0. The predicted octanol–water partition coefficient (Wildman–Crippen LogP) is 6.56. The van der Waals surface area contributed by atoms with Gasteiger partial charge in [0.1, 0.15) is 5.56 Å². The summed E-state index contributed by atoms with van der Waals surface area (Å²) in [5.41, 5.74) is -1.15. The maximum atomic E-state index is 13.3. The molecule has 1 heterocycles. The van der Waals surface area contributed by atoms with Crippen molar-refractivity contribution in [3.8, 4) is 0 Å². The van der Waals surface area contributed by atoms with E-state index in [2.05, 4.69) is 4.98 Å². The number of hydrogen-bond donors (Lipinski definition) is 0. The Balaban J connectivity index is 2.61. The Labute approximate surface area is 186 Å². The van der Waals surface area contributed by atoms with Crippen molar-refractivity contribution in [1.29, 1.82) is 0 Å². The lowest BCUT2D eigenvalue weighted by molar-refractivity contribution is -0.137. The number of pyridine rings is 1. The molecule has 0 aliphatic rings. The highest BCUT2D eigenvalue weighted by atomic mass is 28.4. The molecule has 0 atom stereocenters. The summed E-state index contributed by atoms with van der Waals surface area (Å²) < 4.78 is 50.7. The van der Waals surface area contributed by atoms with E-state index in [4.69, 9.17) is 9.16 Å². The van der Waals surface area contributed by atoms with Crippen LogP contribution in [0.3, 0.4) is 0 Å². The highest BCUT2D eigenvalue weighted by Crippen LogP contribution is 2.38. The predicted molar refractivity (Wildman–Crippen MR) is 117 cm³/mol. The molecule has 0 spiro atoms. The van der Waals surface area contributed by atoms with Crippen LogP contribution in [0.15, 0.2) is 42.6 Å². The van der Waals surface area contributed by atoms with E-state index in [-0.39, 0.29) is 28.7 Å². The third-order valence-corrected chi connectivity index (χ3v) is 9.56. The monoisotopic (exact) mass is 468 g/mol. The van der Waals surface area contributed by atoms with Crippen molar-refractivity contribution in [1.82, 2.24) is 4.98 Å². The fourth-order valence-corrected chi connectivity index (χ4v) is 3.38. The number of benzene rings is 1. The van der Waals surface area contributed by atoms with E-state index < -0.39 is 32.1 Å². The van der Waals surface area contributed by atoms with Crippen molar-refractivity contribution < 1.29 is 31.9 Å². The Morgan fingerprint density at radius 1 is 1.09 bits per heavy atom. The number of anilines is 2. The maximum Gasteiger partial charge on any atom is 0.420 e. The molecule has 32 heavy (non-hydrogen) atoms. The number of aromatic nitrogens is 1. The van der Waals surface area contributed by atoms with Crippen molar-refractivity contribution in [2.75, 3.05) is 11.5 Å². The Kier molecular flexibility index (Phi) is 7.39. The van der Waals surface area contributed by atoms with Gasteiger partial charge in [-0.15, -0.1) is 0 Å². The van der Waals surface area contributed by atoms with Crippen LogP contribution >= 0.6 is 0 Å². The Bertz CT molecular complexity index is 988. The zero-order valence-corrected chi connectivity index (χ0v) is 19.9. The van der Waals surface area contributed by atoms with Gasteiger partial charge in [-0.2, -0.15) is 13.2 Å². The molecule has 2 rings (SSSR count). The van der Waals surface area contributed by atoms with Crippen molar-refractivity contribution in [2.24, 2.45) is 0 Å². The molecule has 0 radical (unpaired) electrons. The number of carbonyl (C=O) groups is 2. The first-order chi connectivity index (χ1) is 14.7. The minimum Gasteiger partial charge on any atom is -0.516 e. The number of ether oxygens (including phenoxy) is 1. The molecule has 0 saturated heterocycles. The normalized spacial score (nSPS) is 12.3. The van der Waals surface area contributed by atoms with E-state index in [9.17, 15) is 22.8 Å². The molecular weight excluding hydrogens is 441 g/mol. The van der Waals surface area contributed by atoms with Gasteiger partial charge in [-0.25, -0.2) is 19.5 Å². The van der Waals surface area contributed by atoms with Gasteiger partial charge in [0.2, 0.25) is 0 Å². The molecule has 0 aliphatic heterocycles. The molecule has 2 aromatic rings. The van der Waals surface area contributed by atoms with Crippen LogP contribution in [0.2, 0.25) is 18.1 Å². The lowest BCUT2D eigenvalue weighted by atomic mass is 10.1. The van der Waals surface area contributed by atoms with Crippen molar-refractivity contribution in [3.05, 3.63) is 53.7 Å². The molecule has 1 amide bonds. The van der Waals surface area contributed by atoms with Gasteiger partial charge in [0.05, 0.1) is 17.9 Å². The van der Waals surface area contributed by atoms with E-state index in [0.717, 1.165) is 17.0 Å². The summed E-state index contributed by atoms with van der Waals surface area (Å²) in [4.78, 5) is 30.8. The van der Waals surface area contributed by atoms with Crippen molar-refractivity contribution >= 4 is 31.9 Å². The molecule has 0 fully saturated rings. The molecule has 1 aromatic heterocycles. The molecule has 1 aromatic carbocycles. The summed E-state index contributed by atoms with van der Waals surface area (Å²) in [6, 6.07) is 7.07. The Morgan fingerprint density at radius 3 is 2.31 bits per heavy atom. The second-order valence-electron chi connectivity index (χ2n) is 8.61. The van der Waals surface area contributed by atoms with Crippen LogP contribution in [0.4, 0.5) is 29.5 Å². The number of hydrogen-bond acceptors (Lipinski definition) is 5. The zero-order chi connectivity index (χ0) is 24.3. The maximum absolute atomic E-state index is 13.3. The van der Waals surface area contributed by atoms with Gasteiger partial charge in [-0.3, -0.25) is 0 Å². The van der Waals surface area contributed by atoms with Gasteiger partial charge in [-0.1, -0.05) is 26.8 Å². The quantitative estimate of drug-likeness (QED) is 0.465. The largest absolute Gasteiger partial charge is 0.516 e. The molecule has 10 heteroatoms. The van der Waals surface area contributed by atoms with E-state index in [1.54, 1.807) is 6.92 Å². The molecule has 174 valence electrons. The first-order valence-corrected chi connectivity index (χ1v) is 12.9. The van der Waals surface area contributed by atoms with E-state index in [1.807, 2.05) is 33.9 Å². The van der Waals surface area contributed by atoms with Crippen LogP contribution in [-0.4, -0.2) is 32.0 Å². The van der Waals surface area contributed by atoms with Gasteiger partial charge in [-0.05, 0) is 55.4 Å². The zero-order valence-electron chi connectivity index (χ0n) is 18.9. The third-order valence-electron chi connectivity index (χ3n) is 5.25. The van der Waals surface area contributed by atoms with Crippen LogP contribution in [0, 0.1) is 0 Å². The van der Waals surface area contributed by atoms with Crippen LogP contribution in [-0.2, 0) is 15.3 Å². The summed E-state index contributed by atoms with van der Waals surface area (Å²) in [6.45, 7) is 11.2. The molecule has 6 nitrogen and oxygen atoms in total. The minimum atomic E-state index is -4.62. The lowest BCUT2D eigenvalue weighted by Gasteiger charge is -2.35. The number of halogens is 3. The molecule has 0 aliphatic carbocycles. The Hall–Kier alpha value is -2.88. The highest BCUT2D eigenvalue weighted by Gasteiger charge is 2.41. The van der Waals surface area contributed by atoms with Gasteiger partial charge in [0.25, 0.3) is 8.32 Å². The number of alkyl halides is 3. The van der Waals surface area contributed by atoms with Gasteiger partial charge in [0, 0.05) is 6.20 Å². The fraction of sp³-hybridized carbons (Fsp3) is 0.409. The first kappa shape index (κ1) is 25.4. The average Bonchev–Trinajstić information content (AvgIpc) is 2.67. The summed E-state index contributed by atoms with van der Waals surface area (Å²) in [7, 11) is -2.52. The molecule has 0 saturated carbocycles. The lowest BCUT2D eigenvalue weighted by Crippen LogP contribution is -2.43. The topological polar surface area (TPSA) is 68.7 Å². The Morgan fingerprint density at radius 2 is 1.75 bits per heavy atom. The van der Waals surface area contributed by atoms with Crippen molar-refractivity contribution in [3.63, 3.8) is 0 Å². The van der Waals surface area contributed by atoms with E-state index in [0.29, 0.717) is 0 Å². The fourth-order valence-electron chi connectivity index (χ4n) is 2.50. The first-order valence-electron chi connectivity index (χ1n) is 10.0. The van der Waals surface area contributed by atoms with E-state index in [1.165, 1.54) is 30.5 Å². The summed E-state index contributed by atoms with van der Waals surface area (Å²) in [5.74, 6) is -0.880. The van der Waals surface area contributed by atoms with Gasteiger partial charge < -0.3 is 9.16 Å². The number of nitrogens with zero attached hydrogens (tertiary/aromatic N) is 2. The van der Waals surface area contributed by atoms with Crippen molar-refractivity contribution in [2.45, 2.75) is 52.0 Å². The van der Waals surface area contributed by atoms with Gasteiger partial charge >= 0.3 is 18.2 Å². The second-order valence-corrected chi connectivity index (χ2v) is 13.3. The van der Waals surface area contributed by atoms with Gasteiger partial charge in [0.15, 0.2) is 5.82 Å². The standard InChI is InChI=1S/C22H27F3N2O4Si/c1-7-30-20(29)27(16-11-8-10-15(14-16)22(23,24)25)18-17(12-9-13-26-18)19(28)31-32(5,6)21(2,3)4/h8-14H,7H2,1-6H3. The molecule has 0 N–H and O–H groups in total. The molecule has 0 bridgehead atoms. The number of amides is 1. The summed E-state index contributed by atoms with van der Waals surface area (Å²) in [6.07, 6.45) is -4.25. The minimum absolute atomic E-state index is 0.0229. The smallest absolute Gasteiger partial charge is 0.420 e. The van der Waals surface area contributed by atoms with Crippen LogP contribution in [0.5, 0.6) is 0 Å². The number of rotatable bonds is 5. The summed E-state index contributed by atoms with van der Waals surface area (Å²) in [5, 5.41) is -0.271. The number of carbonyl (C=O) groups excluding carboxylic acids is 2. The molecular formula is C22H27F3N2O4Si.